The summed E-state index contributed by atoms with van der Waals surface area (Å²) in [6.45, 7) is 21.1. The standard InChI is InChI=1S/C28H48O3SSi/c1-19(2)33(20(3)4,21(5)6)30-18-28(29,23-13-11-10-12-14-23)26-31-25-17-22(7)15-16-24(25)27(8,9)32-26/h10-14,19-22,24-26,29H,15-18H2,1-9H3/t22-,24-,25-,26-,28+/m1/s1. The van der Waals surface area contributed by atoms with Crippen LogP contribution in [-0.2, 0) is 14.8 Å². The second-order valence-electron chi connectivity index (χ2n) is 12.1. The fourth-order valence-corrected chi connectivity index (χ4v) is 13.8. The van der Waals surface area contributed by atoms with E-state index >= 15 is 0 Å². The quantitative estimate of drug-likeness (QED) is 0.377. The van der Waals surface area contributed by atoms with Crippen molar-refractivity contribution in [2.45, 2.75) is 120 Å². The normalized spacial score (nSPS) is 29.8. The summed E-state index contributed by atoms with van der Waals surface area (Å²) in [4.78, 5) is 0. The minimum atomic E-state index is -2.14. The van der Waals surface area contributed by atoms with Gasteiger partial charge in [0.15, 0.2) is 8.32 Å². The molecule has 1 N–H and O–H groups in total. The molecule has 3 nitrogen and oxygen atoms in total. The van der Waals surface area contributed by atoms with Gasteiger partial charge in [0.05, 0.1) is 12.7 Å². The van der Waals surface area contributed by atoms with Crippen LogP contribution in [0.1, 0.15) is 87.1 Å². The van der Waals surface area contributed by atoms with Crippen LogP contribution < -0.4 is 0 Å². The highest BCUT2D eigenvalue weighted by Gasteiger charge is 2.54. The van der Waals surface area contributed by atoms with Crippen molar-refractivity contribution in [1.29, 1.82) is 0 Å². The first-order chi connectivity index (χ1) is 15.3. The van der Waals surface area contributed by atoms with Gasteiger partial charge in [-0.1, -0.05) is 99.1 Å². The SMILES string of the molecule is CC(C)[Si](OC[C@](O)(c1ccccc1)[C@@H]1O[C@@H]2C[C@H](C)CC[C@H]2C(C)(C)S1)(C(C)C)C(C)C. The molecule has 1 aromatic rings. The molecule has 1 saturated carbocycles. The fraction of sp³-hybridized carbons (Fsp3) is 0.786. The van der Waals surface area contributed by atoms with Crippen molar-refractivity contribution in [3.8, 4) is 0 Å². The van der Waals surface area contributed by atoms with E-state index in [1.54, 1.807) is 0 Å². The number of ether oxygens (including phenoxy) is 1. The van der Waals surface area contributed by atoms with E-state index in [-0.39, 0.29) is 16.3 Å². The molecule has 2 aliphatic rings. The first-order valence-electron chi connectivity index (χ1n) is 13.1. The van der Waals surface area contributed by atoms with Crippen LogP contribution in [0.2, 0.25) is 16.6 Å². The molecule has 2 fully saturated rings. The van der Waals surface area contributed by atoms with E-state index < -0.39 is 13.9 Å². The molecule has 1 saturated heterocycles. The lowest BCUT2D eigenvalue weighted by Crippen LogP contribution is -2.57. The number of aliphatic hydroxyl groups is 1. The first-order valence-corrected chi connectivity index (χ1v) is 16.1. The number of benzene rings is 1. The molecule has 5 heteroatoms. The zero-order chi connectivity index (χ0) is 24.6. The van der Waals surface area contributed by atoms with Gasteiger partial charge >= 0.3 is 0 Å². The predicted octanol–water partition coefficient (Wildman–Crippen LogP) is 7.74. The molecule has 33 heavy (non-hydrogen) atoms. The van der Waals surface area contributed by atoms with Gasteiger partial charge in [-0.05, 0) is 46.9 Å². The fourth-order valence-electron chi connectivity index (χ4n) is 6.78. The van der Waals surface area contributed by atoms with Gasteiger partial charge in [-0.15, -0.1) is 11.8 Å². The van der Waals surface area contributed by atoms with Gasteiger partial charge in [-0.3, -0.25) is 0 Å². The second kappa shape index (κ2) is 10.3. The van der Waals surface area contributed by atoms with Crippen LogP contribution in [-0.4, -0.2) is 36.3 Å². The van der Waals surface area contributed by atoms with Crippen molar-refractivity contribution < 1.29 is 14.3 Å². The predicted molar refractivity (Wildman–Crippen MR) is 144 cm³/mol. The van der Waals surface area contributed by atoms with E-state index in [0.717, 1.165) is 12.0 Å². The molecule has 0 aromatic heterocycles. The Morgan fingerprint density at radius 2 is 1.64 bits per heavy atom. The Kier molecular flexibility index (Phi) is 8.54. The van der Waals surface area contributed by atoms with Gasteiger partial charge in [0.2, 0.25) is 0 Å². The third-order valence-corrected chi connectivity index (χ3v) is 16.3. The summed E-state index contributed by atoms with van der Waals surface area (Å²) < 4.78 is 13.9. The number of fused-ring (bicyclic) bond motifs is 1. The molecule has 0 unspecified atom stereocenters. The van der Waals surface area contributed by atoms with Crippen LogP contribution in [0.15, 0.2) is 30.3 Å². The highest BCUT2D eigenvalue weighted by molar-refractivity contribution is 8.01. The average Bonchev–Trinajstić information content (AvgIpc) is 2.72. The molecule has 0 spiro atoms. The molecule has 0 bridgehead atoms. The van der Waals surface area contributed by atoms with Crippen molar-refractivity contribution in [2.24, 2.45) is 11.8 Å². The van der Waals surface area contributed by atoms with E-state index in [0.29, 0.717) is 35.1 Å². The van der Waals surface area contributed by atoms with Gasteiger partial charge in [0.25, 0.3) is 0 Å². The molecule has 0 amide bonds. The third kappa shape index (κ3) is 5.28. The molecule has 1 aliphatic heterocycles. The van der Waals surface area contributed by atoms with Crippen molar-refractivity contribution in [1.82, 2.24) is 0 Å². The van der Waals surface area contributed by atoms with Gasteiger partial charge in [0, 0.05) is 4.75 Å². The summed E-state index contributed by atoms with van der Waals surface area (Å²) in [6, 6.07) is 10.1. The van der Waals surface area contributed by atoms with E-state index in [1.807, 2.05) is 42.1 Å². The minimum absolute atomic E-state index is 0.0547. The summed E-state index contributed by atoms with van der Waals surface area (Å²) in [5, 5.41) is 12.5. The highest BCUT2D eigenvalue weighted by atomic mass is 32.2. The zero-order valence-electron chi connectivity index (χ0n) is 22.4. The number of rotatable bonds is 8. The topological polar surface area (TPSA) is 38.7 Å². The van der Waals surface area contributed by atoms with Crippen molar-refractivity contribution in [2.75, 3.05) is 6.61 Å². The lowest BCUT2D eigenvalue weighted by atomic mass is 9.74. The average molecular weight is 493 g/mol. The van der Waals surface area contributed by atoms with Gasteiger partial charge in [0.1, 0.15) is 11.0 Å². The molecule has 1 aromatic carbocycles. The Morgan fingerprint density at radius 1 is 1.06 bits per heavy atom. The van der Waals surface area contributed by atoms with Crippen molar-refractivity contribution in [3.63, 3.8) is 0 Å². The molecule has 1 heterocycles. The molecule has 5 atom stereocenters. The van der Waals surface area contributed by atoms with E-state index in [4.69, 9.17) is 9.16 Å². The van der Waals surface area contributed by atoms with E-state index in [2.05, 4.69) is 62.3 Å². The molecule has 0 radical (unpaired) electrons. The zero-order valence-corrected chi connectivity index (χ0v) is 24.2. The molecule has 188 valence electrons. The summed E-state index contributed by atoms with van der Waals surface area (Å²) >= 11 is 1.82. The monoisotopic (exact) mass is 492 g/mol. The lowest BCUT2D eigenvalue weighted by molar-refractivity contribution is -0.150. The maximum atomic E-state index is 12.5. The van der Waals surface area contributed by atoms with Crippen LogP contribution >= 0.6 is 11.8 Å². The van der Waals surface area contributed by atoms with Crippen LogP contribution in [0.5, 0.6) is 0 Å². The Morgan fingerprint density at radius 3 is 2.18 bits per heavy atom. The maximum Gasteiger partial charge on any atom is 0.200 e. The van der Waals surface area contributed by atoms with Gasteiger partial charge < -0.3 is 14.3 Å². The smallest absolute Gasteiger partial charge is 0.200 e. The molecular formula is C28H48O3SSi. The maximum absolute atomic E-state index is 12.5. The number of hydrogen-bond donors (Lipinski definition) is 1. The van der Waals surface area contributed by atoms with E-state index in [1.165, 1.54) is 12.8 Å². The van der Waals surface area contributed by atoms with Gasteiger partial charge in [-0.25, -0.2) is 0 Å². The Hall–Kier alpha value is -0.333. The van der Waals surface area contributed by atoms with Crippen LogP contribution in [0, 0.1) is 11.8 Å². The largest absolute Gasteiger partial charge is 0.413 e. The summed E-state index contributed by atoms with van der Waals surface area (Å²) in [5.41, 5.74) is 0.776. The lowest BCUT2D eigenvalue weighted by Gasteiger charge is -2.54. The van der Waals surface area contributed by atoms with Crippen LogP contribution in [0.4, 0.5) is 0 Å². The summed E-state index contributed by atoms with van der Waals surface area (Å²) in [6.07, 6.45) is 3.77. The Balaban J connectivity index is 1.98. The second-order valence-corrected chi connectivity index (χ2v) is 19.3. The van der Waals surface area contributed by atoms with Crippen molar-refractivity contribution in [3.05, 3.63) is 35.9 Å². The number of hydrogen-bond acceptors (Lipinski definition) is 4. The minimum Gasteiger partial charge on any atom is -0.413 e. The van der Waals surface area contributed by atoms with E-state index in [9.17, 15) is 5.11 Å². The summed E-state index contributed by atoms with van der Waals surface area (Å²) in [5.74, 6) is 1.21. The summed E-state index contributed by atoms with van der Waals surface area (Å²) in [7, 11) is -2.14. The highest BCUT2D eigenvalue weighted by Crippen LogP contribution is 2.54. The molecule has 1 aliphatic carbocycles. The first kappa shape index (κ1) is 27.3. The third-order valence-electron chi connectivity index (χ3n) is 8.57. The number of thioether (sulfide) groups is 1. The molecular weight excluding hydrogens is 444 g/mol. The Labute approximate surface area is 208 Å². The Bertz CT molecular complexity index is 744. The van der Waals surface area contributed by atoms with Crippen LogP contribution in [0.25, 0.3) is 0 Å². The van der Waals surface area contributed by atoms with Gasteiger partial charge in [-0.2, -0.15) is 0 Å². The van der Waals surface area contributed by atoms with Crippen LogP contribution in [0.3, 0.4) is 0 Å². The molecule has 3 rings (SSSR count). The van der Waals surface area contributed by atoms with Crippen molar-refractivity contribution >= 4 is 20.1 Å².